The largest absolute Gasteiger partial charge is 0.463 e. The average molecular weight is 213 g/mol. The molecule has 0 rings (SSSR count). The number of allylic oxidation sites excluding steroid dienone is 1. The van der Waals surface area contributed by atoms with E-state index in [0.29, 0.717) is 24.3 Å². The van der Waals surface area contributed by atoms with Gasteiger partial charge in [0.05, 0.1) is 12.2 Å². The predicted molar refractivity (Wildman–Crippen MR) is 62.3 cm³/mol. The lowest BCUT2D eigenvalue weighted by atomic mass is 10.1. The molecule has 15 heavy (non-hydrogen) atoms. The van der Waals surface area contributed by atoms with Crippen LogP contribution in [0.1, 0.15) is 52.9 Å². The molecule has 0 aliphatic rings. The lowest BCUT2D eigenvalue weighted by Gasteiger charge is -2.09. The van der Waals surface area contributed by atoms with Crippen LogP contribution in [0, 0.1) is 0 Å². The van der Waals surface area contributed by atoms with Crippen molar-refractivity contribution in [2.75, 3.05) is 6.61 Å². The van der Waals surface area contributed by atoms with E-state index in [1.165, 1.54) is 0 Å². The Kier molecular flexibility index (Phi) is 7.78. The Morgan fingerprint density at radius 3 is 2.33 bits per heavy atom. The van der Waals surface area contributed by atoms with E-state index in [1.807, 2.05) is 6.92 Å². The molecule has 0 aromatic carbocycles. The molecule has 0 saturated carbocycles. The SMILES string of the molecule is CCCCC/C(N)=C(\CC)C(=O)OCC. The number of ether oxygens (including phenoxy) is 1. The van der Waals surface area contributed by atoms with E-state index in [2.05, 4.69) is 6.92 Å². The van der Waals surface area contributed by atoms with E-state index in [9.17, 15) is 4.79 Å². The van der Waals surface area contributed by atoms with Crippen molar-refractivity contribution >= 4 is 5.97 Å². The second-order valence-corrected chi connectivity index (χ2v) is 3.53. The van der Waals surface area contributed by atoms with Gasteiger partial charge in [0, 0.05) is 5.70 Å². The Morgan fingerprint density at radius 1 is 1.20 bits per heavy atom. The monoisotopic (exact) mass is 213 g/mol. The quantitative estimate of drug-likeness (QED) is 0.402. The predicted octanol–water partition coefficient (Wildman–Crippen LogP) is 2.75. The minimum Gasteiger partial charge on any atom is -0.463 e. The lowest BCUT2D eigenvalue weighted by Crippen LogP contribution is -2.13. The summed E-state index contributed by atoms with van der Waals surface area (Å²) in [4.78, 5) is 11.5. The third kappa shape index (κ3) is 5.45. The minimum absolute atomic E-state index is 0.256. The zero-order valence-electron chi connectivity index (χ0n) is 10.1. The van der Waals surface area contributed by atoms with Crippen LogP contribution in [-0.2, 0) is 9.53 Å². The van der Waals surface area contributed by atoms with Crippen molar-refractivity contribution in [2.24, 2.45) is 5.73 Å². The van der Waals surface area contributed by atoms with Crippen LogP contribution < -0.4 is 5.73 Å². The van der Waals surface area contributed by atoms with Crippen molar-refractivity contribution < 1.29 is 9.53 Å². The maximum atomic E-state index is 11.5. The maximum absolute atomic E-state index is 11.5. The summed E-state index contributed by atoms with van der Waals surface area (Å²) >= 11 is 0. The van der Waals surface area contributed by atoms with Crippen LogP contribution in [0.4, 0.5) is 0 Å². The van der Waals surface area contributed by atoms with E-state index in [-0.39, 0.29) is 5.97 Å². The molecule has 0 fully saturated rings. The van der Waals surface area contributed by atoms with Crippen molar-refractivity contribution in [3.63, 3.8) is 0 Å². The van der Waals surface area contributed by atoms with Crippen LogP contribution in [0.25, 0.3) is 0 Å². The summed E-state index contributed by atoms with van der Waals surface area (Å²) in [5, 5.41) is 0. The van der Waals surface area contributed by atoms with Crippen LogP contribution in [0.3, 0.4) is 0 Å². The Hall–Kier alpha value is -0.990. The number of hydrogen-bond acceptors (Lipinski definition) is 3. The topological polar surface area (TPSA) is 52.3 Å². The molecule has 0 saturated heterocycles. The first-order valence-corrected chi connectivity index (χ1v) is 5.81. The highest BCUT2D eigenvalue weighted by Gasteiger charge is 2.12. The van der Waals surface area contributed by atoms with Crippen molar-refractivity contribution in [1.29, 1.82) is 0 Å². The molecule has 0 aliphatic carbocycles. The molecule has 3 heteroatoms. The summed E-state index contributed by atoms with van der Waals surface area (Å²) < 4.78 is 4.95. The van der Waals surface area contributed by atoms with Gasteiger partial charge in [0.1, 0.15) is 0 Å². The van der Waals surface area contributed by atoms with Crippen LogP contribution in [0.2, 0.25) is 0 Å². The fraction of sp³-hybridized carbons (Fsp3) is 0.750. The first kappa shape index (κ1) is 14.0. The van der Waals surface area contributed by atoms with Gasteiger partial charge in [0.25, 0.3) is 0 Å². The number of esters is 1. The Labute approximate surface area is 92.7 Å². The molecule has 3 nitrogen and oxygen atoms in total. The van der Waals surface area contributed by atoms with Crippen molar-refractivity contribution in [1.82, 2.24) is 0 Å². The first-order valence-electron chi connectivity index (χ1n) is 5.81. The molecular formula is C12H23NO2. The smallest absolute Gasteiger partial charge is 0.335 e. The normalized spacial score (nSPS) is 12.2. The Morgan fingerprint density at radius 2 is 1.87 bits per heavy atom. The molecule has 88 valence electrons. The second kappa shape index (κ2) is 8.33. The van der Waals surface area contributed by atoms with Gasteiger partial charge in [-0.25, -0.2) is 4.79 Å². The van der Waals surface area contributed by atoms with Gasteiger partial charge in [-0.1, -0.05) is 26.7 Å². The highest BCUT2D eigenvalue weighted by Crippen LogP contribution is 2.13. The van der Waals surface area contributed by atoms with E-state index in [0.717, 1.165) is 25.7 Å². The Bertz CT molecular complexity index is 222. The van der Waals surface area contributed by atoms with Gasteiger partial charge in [-0.2, -0.15) is 0 Å². The summed E-state index contributed by atoms with van der Waals surface area (Å²) in [6, 6.07) is 0. The molecule has 0 unspecified atom stereocenters. The standard InChI is InChI=1S/C12H23NO2/c1-4-7-8-9-11(13)10(5-2)12(14)15-6-3/h4-9,13H2,1-3H3/b11-10-. The molecule has 0 aromatic rings. The molecule has 0 atom stereocenters. The molecule has 0 radical (unpaired) electrons. The average Bonchev–Trinajstić information content (AvgIpc) is 2.19. The number of carbonyl (C=O) groups excluding carboxylic acids is 1. The van der Waals surface area contributed by atoms with Crippen LogP contribution in [0.5, 0.6) is 0 Å². The Balaban J connectivity index is 4.31. The van der Waals surface area contributed by atoms with Gasteiger partial charge in [-0.15, -0.1) is 0 Å². The third-order valence-electron chi connectivity index (χ3n) is 2.31. The number of rotatable bonds is 7. The number of nitrogens with two attached hydrogens (primary N) is 1. The zero-order valence-corrected chi connectivity index (χ0v) is 10.1. The van der Waals surface area contributed by atoms with Gasteiger partial charge in [-0.3, -0.25) is 0 Å². The number of carbonyl (C=O) groups is 1. The molecule has 0 heterocycles. The molecule has 0 amide bonds. The molecule has 0 spiro atoms. The fourth-order valence-corrected chi connectivity index (χ4v) is 1.44. The van der Waals surface area contributed by atoms with E-state index in [4.69, 9.17) is 10.5 Å². The number of hydrogen-bond donors (Lipinski definition) is 1. The molecule has 2 N–H and O–H groups in total. The molecule has 0 bridgehead atoms. The van der Waals surface area contributed by atoms with Crippen LogP contribution >= 0.6 is 0 Å². The maximum Gasteiger partial charge on any atom is 0.335 e. The van der Waals surface area contributed by atoms with Crippen molar-refractivity contribution in [3.05, 3.63) is 11.3 Å². The van der Waals surface area contributed by atoms with Gasteiger partial charge in [0.2, 0.25) is 0 Å². The highest BCUT2D eigenvalue weighted by molar-refractivity contribution is 5.89. The molecule has 0 aliphatic heterocycles. The van der Waals surface area contributed by atoms with Gasteiger partial charge in [-0.05, 0) is 26.2 Å². The summed E-state index contributed by atoms with van der Waals surface area (Å²) in [6.07, 6.45) is 4.81. The highest BCUT2D eigenvalue weighted by atomic mass is 16.5. The number of unbranched alkanes of at least 4 members (excludes halogenated alkanes) is 2. The van der Waals surface area contributed by atoms with Gasteiger partial charge >= 0.3 is 5.97 Å². The van der Waals surface area contributed by atoms with Gasteiger partial charge < -0.3 is 10.5 Å². The summed E-state index contributed by atoms with van der Waals surface area (Å²) in [5.41, 5.74) is 7.22. The second-order valence-electron chi connectivity index (χ2n) is 3.53. The van der Waals surface area contributed by atoms with Crippen LogP contribution in [-0.4, -0.2) is 12.6 Å². The first-order chi connectivity index (χ1) is 7.17. The summed E-state index contributed by atoms with van der Waals surface area (Å²) in [5.74, 6) is -0.256. The minimum atomic E-state index is -0.256. The summed E-state index contributed by atoms with van der Waals surface area (Å²) in [7, 11) is 0. The zero-order chi connectivity index (χ0) is 11.7. The van der Waals surface area contributed by atoms with E-state index >= 15 is 0 Å². The molecular weight excluding hydrogens is 190 g/mol. The van der Waals surface area contributed by atoms with Crippen LogP contribution in [0.15, 0.2) is 11.3 Å². The summed E-state index contributed by atoms with van der Waals surface area (Å²) in [6.45, 7) is 6.29. The van der Waals surface area contributed by atoms with Gasteiger partial charge in [0.15, 0.2) is 0 Å². The van der Waals surface area contributed by atoms with Crippen molar-refractivity contribution in [3.8, 4) is 0 Å². The lowest BCUT2D eigenvalue weighted by molar-refractivity contribution is -0.138. The third-order valence-corrected chi connectivity index (χ3v) is 2.31. The van der Waals surface area contributed by atoms with E-state index < -0.39 is 0 Å². The fourth-order valence-electron chi connectivity index (χ4n) is 1.44. The van der Waals surface area contributed by atoms with Crippen molar-refractivity contribution in [2.45, 2.75) is 52.9 Å². The van der Waals surface area contributed by atoms with E-state index in [1.54, 1.807) is 6.92 Å². The molecule has 0 aromatic heterocycles.